The summed E-state index contributed by atoms with van der Waals surface area (Å²) >= 11 is 0. The van der Waals surface area contributed by atoms with E-state index < -0.39 is 12.5 Å². The molecule has 0 aliphatic rings. The normalized spacial score (nSPS) is 13.9. The molecule has 0 aliphatic carbocycles. The number of benzene rings is 1. The van der Waals surface area contributed by atoms with Crippen LogP contribution in [0.15, 0.2) is 12.1 Å². The molecule has 0 bridgehead atoms. The van der Waals surface area contributed by atoms with E-state index in [0.717, 1.165) is 11.1 Å². The molecule has 3 N–H and O–H groups in total. The second kappa shape index (κ2) is 7.14. The fourth-order valence-electron chi connectivity index (χ4n) is 2.34. The fourth-order valence-corrected chi connectivity index (χ4v) is 2.34. The lowest BCUT2D eigenvalue weighted by molar-refractivity contribution is 0.128. The molecular formula is C17H28ClF2NO. The summed E-state index contributed by atoms with van der Waals surface area (Å²) in [4.78, 5) is 0. The Morgan fingerprint density at radius 2 is 1.36 bits per heavy atom. The summed E-state index contributed by atoms with van der Waals surface area (Å²) in [5.74, 6) is 0.239. The summed E-state index contributed by atoms with van der Waals surface area (Å²) in [6, 6.07) is 2.79. The molecule has 0 saturated carbocycles. The van der Waals surface area contributed by atoms with Crippen LogP contribution in [0.3, 0.4) is 0 Å². The van der Waals surface area contributed by atoms with Gasteiger partial charge in [0.1, 0.15) is 5.75 Å². The Balaban J connectivity index is 0.00000441. The molecule has 0 saturated heterocycles. The number of phenols is 1. The lowest BCUT2D eigenvalue weighted by Crippen LogP contribution is -2.21. The van der Waals surface area contributed by atoms with Gasteiger partial charge in [0.25, 0.3) is 0 Å². The van der Waals surface area contributed by atoms with Crippen LogP contribution >= 0.6 is 12.4 Å². The summed E-state index contributed by atoms with van der Waals surface area (Å²) in [7, 11) is 0. The van der Waals surface area contributed by atoms with Crippen LogP contribution in [-0.4, -0.2) is 11.5 Å². The van der Waals surface area contributed by atoms with E-state index in [2.05, 4.69) is 0 Å². The highest BCUT2D eigenvalue weighted by molar-refractivity contribution is 5.85. The number of hydrogen-bond donors (Lipinski definition) is 2. The molecule has 1 aromatic carbocycles. The van der Waals surface area contributed by atoms with Gasteiger partial charge in [0.15, 0.2) is 0 Å². The first-order chi connectivity index (χ1) is 9.34. The van der Waals surface area contributed by atoms with Gasteiger partial charge in [0, 0.05) is 12.5 Å². The van der Waals surface area contributed by atoms with Gasteiger partial charge in [-0.1, -0.05) is 41.5 Å². The minimum Gasteiger partial charge on any atom is -0.507 e. The average molecular weight is 336 g/mol. The Morgan fingerprint density at radius 1 is 1.00 bits per heavy atom. The number of hydrogen-bond acceptors (Lipinski definition) is 2. The minimum atomic E-state index is -2.44. The number of alkyl halides is 2. The van der Waals surface area contributed by atoms with Crippen LogP contribution in [0.4, 0.5) is 8.78 Å². The van der Waals surface area contributed by atoms with Crippen LogP contribution < -0.4 is 5.73 Å². The minimum absolute atomic E-state index is 0. The van der Waals surface area contributed by atoms with E-state index in [1.165, 1.54) is 0 Å². The Kier molecular flexibility index (Phi) is 6.85. The van der Waals surface area contributed by atoms with Crippen molar-refractivity contribution >= 4 is 12.4 Å². The average Bonchev–Trinajstić information content (AvgIpc) is 2.24. The van der Waals surface area contributed by atoms with Crippen LogP contribution in [0.1, 0.15) is 70.7 Å². The third-order valence-electron chi connectivity index (χ3n) is 3.61. The molecule has 0 aromatic heterocycles. The maximum atomic E-state index is 12.6. The van der Waals surface area contributed by atoms with Crippen molar-refractivity contribution in [2.75, 3.05) is 0 Å². The van der Waals surface area contributed by atoms with Gasteiger partial charge in [-0.15, -0.1) is 12.4 Å². The Hall–Kier alpha value is -0.870. The maximum absolute atomic E-state index is 12.6. The van der Waals surface area contributed by atoms with Crippen molar-refractivity contribution in [2.24, 2.45) is 5.73 Å². The molecular weight excluding hydrogens is 308 g/mol. The van der Waals surface area contributed by atoms with Crippen molar-refractivity contribution in [3.05, 3.63) is 28.8 Å². The monoisotopic (exact) mass is 335 g/mol. The van der Waals surface area contributed by atoms with Gasteiger partial charge in [-0.05, 0) is 39.7 Å². The van der Waals surface area contributed by atoms with E-state index in [0.29, 0.717) is 5.56 Å². The van der Waals surface area contributed by atoms with Crippen molar-refractivity contribution < 1.29 is 13.9 Å². The molecule has 1 atom stereocenters. The van der Waals surface area contributed by atoms with Crippen molar-refractivity contribution in [1.82, 2.24) is 0 Å². The molecule has 1 rings (SSSR count). The van der Waals surface area contributed by atoms with Crippen LogP contribution in [0.25, 0.3) is 0 Å². The molecule has 0 radical (unpaired) electrons. The van der Waals surface area contributed by atoms with Gasteiger partial charge in [-0.3, -0.25) is 0 Å². The number of phenolic OH excluding ortho intramolecular Hbond substituents is 1. The molecule has 0 spiro atoms. The Morgan fingerprint density at radius 3 is 1.64 bits per heavy atom. The maximum Gasteiger partial charge on any atom is 0.240 e. The molecule has 5 heteroatoms. The highest BCUT2D eigenvalue weighted by Crippen LogP contribution is 2.41. The zero-order chi connectivity index (χ0) is 16.6. The van der Waals surface area contributed by atoms with Crippen LogP contribution in [-0.2, 0) is 10.8 Å². The van der Waals surface area contributed by atoms with E-state index in [4.69, 9.17) is 5.73 Å². The standard InChI is InChI=1S/C17H27F2NO.ClH/c1-16(2,3)11-7-10(13(20)9-14(18)19)8-12(15(11)21)17(4,5)6;/h7-8,13-14,21H,9,20H2,1-6H3;1H/t13-;/m1./s1. The summed E-state index contributed by atoms with van der Waals surface area (Å²) in [6.07, 6.45) is -2.82. The highest BCUT2D eigenvalue weighted by atomic mass is 35.5. The van der Waals surface area contributed by atoms with E-state index in [9.17, 15) is 13.9 Å². The van der Waals surface area contributed by atoms with Gasteiger partial charge in [0.05, 0.1) is 0 Å². The summed E-state index contributed by atoms with van der Waals surface area (Å²) in [5.41, 5.74) is 7.48. The number of rotatable bonds is 3. The van der Waals surface area contributed by atoms with Crippen molar-refractivity contribution in [2.45, 2.75) is 71.3 Å². The molecule has 0 unspecified atom stereocenters. The molecule has 0 heterocycles. The third kappa shape index (κ3) is 5.10. The SMILES string of the molecule is CC(C)(C)c1cc([C@H](N)CC(F)F)cc(C(C)(C)C)c1O.Cl. The summed E-state index contributed by atoms with van der Waals surface area (Å²) in [6.45, 7) is 11.9. The number of aromatic hydroxyl groups is 1. The van der Waals surface area contributed by atoms with Crippen molar-refractivity contribution in [3.8, 4) is 5.75 Å². The Bertz CT molecular complexity index is 469. The smallest absolute Gasteiger partial charge is 0.240 e. The number of nitrogens with two attached hydrogens (primary N) is 1. The molecule has 0 aliphatic heterocycles. The van der Waals surface area contributed by atoms with Crippen LogP contribution in [0.2, 0.25) is 0 Å². The van der Waals surface area contributed by atoms with Gasteiger partial charge in [0.2, 0.25) is 6.43 Å². The number of halogens is 3. The van der Waals surface area contributed by atoms with E-state index in [1.807, 2.05) is 41.5 Å². The largest absolute Gasteiger partial charge is 0.507 e. The van der Waals surface area contributed by atoms with Gasteiger partial charge in [-0.2, -0.15) is 0 Å². The topological polar surface area (TPSA) is 46.2 Å². The second-order valence-corrected chi connectivity index (χ2v) is 7.70. The molecule has 128 valence electrons. The zero-order valence-corrected chi connectivity index (χ0v) is 15.0. The zero-order valence-electron chi connectivity index (χ0n) is 14.2. The predicted octanol–water partition coefficient (Wildman–Crippen LogP) is 5.06. The fraction of sp³-hybridized carbons (Fsp3) is 0.647. The van der Waals surface area contributed by atoms with E-state index in [1.54, 1.807) is 12.1 Å². The van der Waals surface area contributed by atoms with Crippen LogP contribution in [0.5, 0.6) is 5.75 Å². The van der Waals surface area contributed by atoms with Gasteiger partial charge < -0.3 is 10.8 Å². The summed E-state index contributed by atoms with van der Waals surface area (Å²) < 4.78 is 25.2. The third-order valence-corrected chi connectivity index (χ3v) is 3.61. The lowest BCUT2D eigenvalue weighted by Gasteiger charge is -2.29. The quantitative estimate of drug-likeness (QED) is 0.810. The summed E-state index contributed by atoms with van der Waals surface area (Å²) in [5, 5.41) is 10.6. The Labute approximate surface area is 138 Å². The van der Waals surface area contributed by atoms with Gasteiger partial charge >= 0.3 is 0 Å². The predicted molar refractivity (Wildman–Crippen MR) is 90.3 cm³/mol. The van der Waals surface area contributed by atoms with Crippen LogP contribution in [0, 0.1) is 0 Å². The van der Waals surface area contributed by atoms with E-state index in [-0.39, 0.29) is 35.4 Å². The lowest BCUT2D eigenvalue weighted by atomic mass is 9.77. The highest BCUT2D eigenvalue weighted by Gasteiger charge is 2.28. The van der Waals surface area contributed by atoms with Crippen molar-refractivity contribution in [3.63, 3.8) is 0 Å². The van der Waals surface area contributed by atoms with Crippen molar-refractivity contribution in [1.29, 1.82) is 0 Å². The van der Waals surface area contributed by atoms with E-state index >= 15 is 0 Å². The first kappa shape index (κ1) is 21.1. The molecule has 22 heavy (non-hydrogen) atoms. The molecule has 0 amide bonds. The molecule has 0 fully saturated rings. The first-order valence-corrected chi connectivity index (χ1v) is 7.25. The first-order valence-electron chi connectivity index (χ1n) is 7.25. The molecule has 2 nitrogen and oxygen atoms in total. The second-order valence-electron chi connectivity index (χ2n) is 7.70. The molecule has 1 aromatic rings. The van der Waals surface area contributed by atoms with Gasteiger partial charge in [-0.25, -0.2) is 8.78 Å².